The van der Waals surface area contributed by atoms with Gasteiger partial charge in [-0.3, -0.25) is 0 Å². The van der Waals surface area contributed by atoms with Crippen LogP contribution in [-0.2, 0) is 0 Å². The van der Waals surface area contributed by atoms with Gasteiger partial charge in [-0.05, 0) is 38.3 Å². The second-order valence-corrected chi connectivity index (χ2v) is 7.27. The summed E-state index contributed by atoms with van der Waals surface area (Å²) in [7, 11) is 6.09. The van der Waals surface area contributed by atoms with E-state index < -0.39 is 7.92 Å². The Balaban J connectivity index is 2.52. The third kappa shape index (κ3) is 3.70. The molecule has 0 amide bonds. The topological polar surface area (TPSA) is 36.9 Å². The van der Waals surface area contributed by atoms with Gasteiger partial charge in [0.05, 0.1) is 28.4 Å². The second-order valence-electron chi connectivity index (χ2n) is 4.82. The van der Waals surface area contributed by atoms with Gasteiger partial charge in [-0.2, -0.15) is 0 Å². The van der Waals surface area contributed by atoms with Gasteiger partial charge in [0.2, 0.25) is 0 Å². The molecule has 2 aromatic carbocycles. The summed E-state index contributed by atoms with van der Waals surface area (Å²) in [5.74, 6) is 3.27. The van der Waals surface area contributed by atoms with Crippen molar-refractivity contribution in [3.63, 3.8) is 0 Å². The highest BCUT2D eigenvalue weighted by atomic mass is 31.1. The molecule has 5 heteroatoms. The first-order chi connectivity index (χ1) is 11.2. The predicted octanol–water partition coefficient (Wildman–Crippen LogP) is 3.17. The van der Waals surface area contributed by atoms with Gasteiger partial charge in [-0.1, -0.05) is 6.92 Å². The quantitative estimate of drug-likeness (QED) is 0.729. The Kier molecular flexibility index (Phi) is 6.12. The zero-order valence-electron chi connectivity index (χ0n) is 14.3. The molecule has 0 atom stereocenters. The fraction of sp³-hybridized carbons (Fsp3) is 0.333. The summed E-state index contributed by atoms with van der Waals surface area (Å²) >= 11 is 0. The summed E-state index contributed by atoms with van der Waals surface area (Å²) in [6.07, 6.45) is 0.987. The van der Waals surface area contributed by atoms with Crippen LogP contribution in [0.1, 0.15) is 6.92 Å². The number of benzene rings is 2. The first kappa shape index (κ1) is 17.4. The van der Waals surface area contributed by atoms with Gasteiger partial charge in [-0.15, -0.1) is 0 Å². The Hall–Kier alpha value is -1.93. The lowest BCUT2D eigenvalue weighted by Gasteiger charge is -2.22. The zero-order chi connectivity index (χ0) is 16.8. The molecule has 23 heavy (non-hydrogen) atoms. The van der Waals surface area contributed by atoms with Crippen molar-refractivity contribution >= 4 is 18.5 Å². The second kappa shape index (κ2) is 8.07. The fourth-order valence-corrected chi connectivity index (χ4v) is 4.78. The van der Waals surface area contributed by atoms with E-state index in [-0.39, 0.29) is 0 Å². The standard InChI is InChI=1S/C18H23O4P/c1-6-23(17-9-7-13(19-2)11-15(17)21-4)18-10-8-14(20-3)12-16(18)22-5/h7-12H,6H2,1-5H3. The summed E-state index contributed by atoms with van der Waals surface area (Å²) in [6.45, 7) is 2.18. The number of rotatable bonds is 7. The lowest BCUT2D eigenvalue weighted by Crippen LogP contribution is -2.17. The summed E-state index contributed by atoms with van der Waals surface area (Å²) in [4.78, 5) is 0. The Morgan fingerprint density at radius 1 is 0.696 bits per heavy atom. The van der Waals surface area contributed by atoms with Crippen molar-refractivity contribution in [1.82, 2.24) is 0 Å². The molecule has 0 spiro atoms. The Morgan fingerprint density at radius 2 is 1.13 bits per heavy atom. The smallest absolute Gasteiger partial charge is 0.130 e. The van der Waals surface area contributed by atoms with Crippen LogP contribution in [0.2, 0.25) is 0 Å². The van der Waals surface area contributed by atoms with Crippen LogP contribution >= 0.6 is 7.92 Å². The molecule has 0 bridgehead atoms. The monoisotopic (exact) mass is 334 g/mol. The summed E-state index contributed by atoms with van der Waals surface area (Å²) in [5, 5.41) is 2.35. The summed E-state index contributed by atoms with van der Waals surface area (Å²) in [6, 6.07) is 12.0. The molecular weight excluding hydrogens is 311 g/mol. The van der Waals surface area contributed by atoms with Crippen molar-refractivity contribution in [3.05, 3.63) is 36.4 Å². The van der Waals surface area contributed by atoms with Crippen LogP contribution < -0.4 is 29.6 Å². The number of hydrogen-bond donors (Lipinski definition) is 0. The van der Waals surface area contributed by atoms with Gasteiger partial charge in [-0.25, -0.2) is 0 Å². The van der Waals surface area contributed by atoms with Crippen LogP contribution in [0.25, 0.3) is 0 Å². The molecule has 4 nitrogen and oxygen atoms in total. The number of ether oxygens (including phenoxy) is 4. The van der Waals surface area contributed by atoms with E-state index in [9.17, 15) is 0 Å². The van der Waals surface area contributed by atoms with Crippen LogP contribution in [0.15, 0.2) is 36.4 Å². The molecule has 0 aliphatic carbocycles. The number of methoxy groups -OCH3 is 4. The molecule has 0 aliphatic heterocycles. The van der Waals surface area contributed by atoms with Crippen molar-refractivity contribution < 1.29 is 18.9 Å². The Bertz CT molecular complexity index is 602. The van der Waals surface area contributed by atoms with Crippen LogP contribution in [0.5, 0.6) is 23.0 Å². The van der Waals surface area contributed by atoms with Crippen LogP contribution in [0, 0.1) is 0 Å². The van der Waals surface area contributed by atoms with E-state index >= 15 is 0 Å². The minimum atomic E-state index is -0.598. The summed E-state index contributed by atoms with van der Waals surface area (Å²) in [5.41, 5.74) is 0. The third-order valence-electron chi connectivity index (χ3n) is 3.67. The van der Waals surface area contributed by atoms with E-state index in [2.05, 4.69) is 19.1 Å². The lowest BCUT2D eigenvalue weighted by atomic mass is 10.3. The zero-order valence-corrected chi connectivity index (χ0v) is 15.1. The minimum absolute atomic E-state index is 0.598. The molecule has 124 valence electrons. The Labute approximate surface area is 139 Å². The molecule has 0 unspecified atom stereocenters. The fourth-order valence-electron chi connectivity index (χ4n) is 2.49. The molecule has 0 heterocycles. The van der Waals surface area contributed by atoms with Gasteiger partial charge in [0.25, 0.3) is 0 Å². The molecule has 2 aromatic rings. The average molecular weight is 334 g/mol. The van der Waals surface area contributed by atoms with Crippen LogP contribution in [-0.4, -0.2) is 34.6 Å². The normalized spacial score (nSPS) is 10.5. The van der Waals surface area contributed by atoms with Gasteiger partial charge >= 0.3 is 0 Å². The van der Waals surface area contributed by atoms with E-state index in [0.717, 1.165) is 29.2 Å². The van der Waals surface area contributed by atoms with Crippen molar-refractivity contribution in [2.24, 2.45) is 0 Å². The third-order valence-corrected chi connectivity index (χ3v) is 6.21. The average Bonchev–Trinajstić information content (AvgIpc) is 2.62. The van der Waals surface area contributed by atoms with Crippen LogP contribution in [0.4, 0.5) is 0 Å². The first-order valence-electron chi connectivity index (χ1n) is 7.40. The van der Waals surface area contributed by atoms with Crippen molar-refractivity contribution in [2.45, 2.75) is 6.92 Å². The van der Waals surface area contributed by atoms with Crippen molar-refractivity contribution in [1.29, 1.82) is 0 Å². The van der Waals surface area contributed by atoms with E-state index in [0.29, 0.717) is 0 Å². The molecule has 0 aromatic heterocycles. The molecule has 0 saturated heterocycles. The van der Waals surface area contributed by atoms with Gasteiger partial charge in [0, 0.05) is 22.7 Å². The maximum absolute atomic E-state index is 5.58. The molecule has 0 aliphatic rings. The van der Waals surface area contributed by atoms with E-state index in [1.165, 1.54) is 10.6 Å². The highest BCUT2D eigenvalue weighted by Gasteiger charge is 2.21. The highest BCUT2D eigenvalue weighted by molar-refractivity contribution is 7.73. The molecule has 0 N–H and O–H groups in total. The Morgan fingerprint density at radius 3 is 1.43 bits per heavy atom. The maximum atomic E-state index is 5.58. The number of hydrogen-bond acceptors (Lipinski definition) is 4. The molecule has 2 rings (SSSR count). The van der Waals surface area contributed by atoms with Gasteiger partial charge in [0.1, 0.15) is 23.0 Å². The van der Waals surface area contributed by atoms with Crippen LogP contribution in [0.3, 0.4) is 0 Å². The van der Waals surface area contributed by atoms with E-state index in [1.807, 2.05) is 24.3 Å². The van der Waals surface area contributed by atoms with E-state index in [4.69, 9.17) is 18.9 Å². The maximum Gasteiger partial charge on any atom is 0.130 e. The minimum Gasteiger partial charge on any atom is -0.497 e. The van der Waals surface area contributed by atoms with Crippen molar-refractivity contribution in [3.8, 4) is 23.0 Å². The highest BCUT2D eigenvalue weighted by Crippen LogP contribution is 2.41. The predicted molar refractivity (Wildman–Crippen MR) is 95.8 cm³/mol. The molecule has 0 fully saturated rings. The van der Waals surface area contributed by atoms with Crippen molar-refractivity contribution in [2.75, 3.05) is 34.6 Å². The molecular formula is C18H23O4P. The largest absolute Gasteiger partial charge is 0.497 e. The molecule has 0 radical (unpaired) electrons. The summed E-state index contributed by atoms with van der Waals surface area (Å²) < 4.78 is 21.7. The van der Waals surface area contributed by atoms with Gasteiger partial charge in [0.15, 0.2) is 0 Å². The SMILES string of the molecule is CCP(c1ccc(OC)cc1OC)c1ccc(OC)cc1OC. The van der Waals surface area contributed by atoms with Gasteiger partial charge < -0.3 is 18.9 Å². The molecule has 0 saturated carbocycles. The lowest BCUT2D eigenvalue weighted by molar-refractivity contribution is 0.396. The van der Waals surface area contributed by atoms with E-state index in [1.54, 1.807) is 28.4 Å². The first-order valence-corrected chi connectivity index (χ1v) is 8.92.